The molecule has 0 aliphatic rings. The van der Waals surface area contributed by atoms with Gasteiger partial charge in [0.05, 0.1) is 12.5 Å². The van der Waals surface area contributed by atoms with Crippen LogP contribution in [0.15, 0.2) is 12.1 Å². The number of hydrogen-bond donors (Lipinski definition) is 0. The van der Waals surface area contributed by atoms with Gasteiger partial charge in [0.25, 0.3) is 0 Å². The van der Waals surface area contributed by atoms with E-state index in [0.29, 0.717) is 11.4 Å². The Balaban J connectivity index is 3.20. The molecule has 0 N–H and O–H groups in total. The molecule has 0 aliphatic carbocycles. The van der Waals surface area contributed by atoms with Crippen LogP contribution in [0.1, 0.15) is 11.1 Å². The molecule has 0 heterocycles. The van der Waals surface area contributed by atoms with Gasteiger partial charge in [-0.15, -0.1) is 0 Å². The minimum atomic E-state index is 0.433. The second kappa shape index (κ2) is 4.11. The largest absolute Gasteiger partial charge is 0.198 e. The molecule has 62 valence electrons. The predicted molar refractivity (Wildman–Crippen MR) is 58.2 cm³/mol. The van der Waals surface area contributed by atoms with E-state index in [4.69, 9.17) is 16.9 Å². The van der Waals surface area contributed by atoms with Gasteiger partial charge in [-0.2, -0.15) is 5.26 Å². The molecule has 0 fully saturated rings. The molecule has 0 saturated carbocycles. The predicted octanol–water partition coefficient (Wildman–Crippen LogP) is 3.32. The van der Waals surface area contributed by atoms with Crippen LogP contribution < -0.4 is 0 Å². The van der Waals surface area contributed by atoms with Crippen LogP contribution in [0.5, 0.6) is 0 Å². The Bertz CT molecular complexity index is 341. The first kappa shape index (κ1) is 9.82. The van der Waals surface area contributed by atoms with Crippen LogP contribution in [0.4, 0.5) is 0 Å². The summed E-state index contributed by atoms with van der Waals surface area (Å²) in [5, 5.41) is 9.23. The fraction of sp³-hybridized carbons (Fsp3) is 0.222. The van der Waals surface area contributed by atoms with Gasteiger partial charge in [-0.05, 0) is 52.8 Å². The molecule has 3 heteroatoms. The van der Waals surface area contributed by atoms with Gasteiger partial charge in [0.2, 0.25) is 0 Å². The lowest BCUT2D eigenvalue weighted by Crippen LogP contribution is -1.90. The second-order valence-electron chi connectivity index (χ2n) is 2.51. The van der Waals surface area contributed by atoms with Crippen LogP contribution >= 0.6 is 34.2 Å². The lowest BCUT2D eigenvalue weighted by Gasteiger charge is -2.04. The van der Waals surface area contributed by atoms with Gasteiger partial charge in [-0.3, -0.25) is 0 Å². The highest BCUT2D eigenvalue weighted by Crippen LogP contribution is 2.22. The number of halogens is 2. The van der Waals surface area contributed by atoms with Gasteiger partial charge in [0.1, 0.15) is 0 Å². The Labute approximate surface area is 90.5 Å². The van der Waals surface area contributed by atoms with E-state index < -0.39 is 0 Å². The third-order valence-corrected chi connectivity index (χ3v) is 3.02. The molecule has 1 rings (SSSR count). The van der Waals surface area contributed by atoms with E-state index in [0.717, 1.165) is 14.7 Å². The summed E-state index contributed by atoms with van der Waals surface area (Å²) in [4.78, 5) is 0. The van der Waals surface area contributed by atoms with Crippen LogP contribution in [0.25, 0.3) is 0 Å². The summed E-state index contributed by atoms with van der Waals surface area (Å²) in [6, 6.07) is 5.87. The van der Waals surface area contributed by atoms with Crippen molar-refractivity contribution in [3.8, 4) is 6.07 Å². The molecular weight excluding hydrogens is 284 g/mol. The number of rotatable bonds is 1. The van der Waals surface area contributed by atoms with E-state index in [9.17, 15) is 0 Å². The van der Waals surface area contributed by atoms with Crippen LogP contribution in [0, 0.1) is 21.8 Å². The maximum absolute atomic E-state index is 8.53. The summed E-state index contributed by atoms with van der Waals surface area (Å²) in [5.41, 5.74) is 2.18. The molecule has 0 bridgehead atoms. The molecule has 1 aromatic carbocycles. The highest BCUT2D eigenvalue weighted by molar-refractivity contribution is 14.1. The van der Waals surface area contributed by atoms with Crippen molar-refractivity contribution in [3.05, 3.63) is 31.9 Å². The summed E-state index contributed by atoms with van der Waals surface area (Å²) in [5.74, 6) is 0. The topological polar surface area (TPSA) is 23.8 Å². The fourth-order valence-corrected chi connectivity index (χ4v) is 2.07. The van der Waals surface area contributed by atoms with Crippen molar-refractivity contribution in [3.63, 3.8) is 0 Å². The number of benzene rings is 1. The lowest BCUT2D eigenvalue weighted by molar-refractivity contribution is 1.20. The molecule has 0 amide bonds. The Morgan fingerprint density at radius 2 is 2.25 bits per heavy atom. The summed E-state index contributed by atoms with van der Waals surface area (Å²) >= 11 is 8.07. The van der Waals surface area contributed by atoms with Crippen molar-refractivity contribution in [2.75, 3.05) is 0 Å². The average Bonchev–Trinajstić information content (AvgIpc) is 2.00. The lowest BCUT2D eigenvalue weighted by atomic mass is 10.1. The zero-order valence-corrected chi connectivity index (χ0v) is 9.48. The highest BCUT2D eigenvalue weighted by Gasteiger charge is 2.03. The molecule has 0 spiro atoms. The van der Waals surface area contributed by atoms with Crippen LogP contribution in [0.3, 0.4) is 0 Å². The van der Waals surface area contributed by atoms with Gasteiger partial charge in [0, 0.05) is 8.59 Å². The monoisotopic (exact) mass is 291 g/mol. The van der Waals surface area contributed by atoms with Crippen LogP contribution in [-0.4, -0.2) is 0 Å². The maximum atomic E-state index is 8.53. The highest BCUT2D eigenvalue weighted by atomic mass is 127. The molecule has 0 radical (unpaired) electrons. The number of nitriles is 1. The number of hydrogen-bond acceptors (Lipinski definition) is 1. The minimum Gasteiger partial charge on any atom is -0.198 e. The quantitative estimate of drug-likeness (QED) is 0.728. The summed E-state index contributed by atoms with van der Waals surface area (Å²) in [7, 11) is 0. The van der Waals surface area contributed by atoms with Crippen molar-refractivity contribution in [2.45, 2.75) is 13.3 Å². The van der Waals surface area contributed by atoms with Gasteiger partial charge >= 0.3 is 0 Å². The van der Waals surface area contributed by atoms with Gasteiger partial charge in [0.15, 0.2) is 0 Å². The molecule has 12 heavy (non-hydrogen) atoms. The van der Waals surface area contributed by atoms with E-state index in [1.54, 1.807) is 0 Å². The summed E-state index contributed by atoms with van der Waals surface area (Å²) in [6.45, 7) is 2.00. The SMILES string of the molecule is Cc1c(I)cc(Cl)cc1CC#N. The Hall–Kier alpha value is -0.270. The molecule has 1 aromatic rings. The molecule has 0 aromatic heterocycles. The van der Waals surface area contributed by atoms with Crippen molar-refractivity contribution < 1.29 is 0 Å². The normalized spacial score (nSPS) is 9.50. The van der Waals surface area contributed by atoms with E-state index in [1.165, 1.54) is 0 Å². The second-order valence-corrected chi connectivity index (χ2v) is 4.11. The zero-order valence-electron chi connectivity index (χ0n) is 6.56. The molecular formula is C9H7ClIN. The van der Waals surface area contributed by atoms with E-state index in [-0.39, 0.29) is 0 Å². The Morgan fingerprint density at radius 1 is 1.58 bits per heavy atom. The van der Waals surface area contributed by atoms with Gasteiger partial charge in [-0.1, -0.05) is 11.6 Å². The third kappa shape index (κ3) is 2.11. The average molecular weight is 292 g/mol. The molecule has 0 saturated heterocycles. The van der Waals surface area contributed by atoms with Crippen LogP contribution in [-0.2, 0) is 6.42 Å². The van der Waals surface area contributed by atoms with Crippen molar-refractivity contribution >= 4 is 34.2 Å². The van der Waals surface area contributed by atoms with Crippen molar-refractivity contribution in [2.24, 2.45) is 0 Å². The smallest absolute Gasteiger partial charge is 0.0669 e. The molecule has 0 unspecified atom stereocenters. The summed E-state index contributed by atoms with van der Waals surface area (Å²) in [6.07, 6.45) is 0.433. The number of nitrogens with zero attached hydrogens (tertiary/aromatic N) is 1. The minimum absolute atomic E-state index is 0.433. The Kier molecular flexibility index (Phi) is 3.36. The standard InChI is InChI=1S/C9H7ClIN/c1-6-7(2-3-12)4-8(10)5-9(6)11/h4-5H,2H2,1H3. The summed E-state index contributed by atoms with van der Waals surface area (Å²) < 4.78 is 1.12. The first-order valence-corrected chi connectivity index (χ1v) is 4.92. The van der Waals surface area contributed by atoms with Crippen LogP contribution in [0.2, 0.25) is 5.02 Å². The molecule has 0 aliphatic heterocycles. The fourth-order valence-electron chi connectivity index (χ4n) is 0.968. The zero-order chi connectivity index (χ0) is 9.14. The molecule has 1 nitrogen and oxygen atoms in total. The Morgan fingerprint density at radius 3 is 2.83 bits per heavy atom. The third-order valence-electron chi connectivity index (χ3n) is 1.69. The van der Waals surface area contributed by atoms with Crippen molar-refractivity contribution in [1.82, 2.24) is 0 Å². The first-order chi connectivity index (χ1) is 5.65. The van der Waals surface area contributed by atoms with E-state index in [2.05, 4.69) is 28.7 Å². The van der Waals surface area contributed by atoms with Gasteiger partial charge < -0.3 is 0 Å². The molecule has 0 atom stereocenters. The van der Waals surface area contributed by atoms with E-state index in [1.807, 2.05) is 19.1 Å². The van der Waals surface area contributed by atoms with Gasteiger partial charge in [-0.25, -0.2) is 0 Å². The maximum Gasteiger partial charge on any atom is 0.0669 e. The first-order valence-electron chi connectivity index (χ1n) is 3.46. The van der Waals surface area contributed by atoms with Crippen molar-refractivity contribution in [1.29, 1.82) is 5.26 Å². The van der Waals surface area contributed by atoms with E-state index >= 15 is 0 Å².